The maximum Gasteiger partial charge on any atom is 0.142 e. The Morgan fingerprint density at radius 1 is 1.21 bits per heavy atom. The largest absolute Gasteiger partial charge is 0.339 e. The number of nitrogens with zero attached hydrogens (tertiary/aromatic N) is 2. The van der Waals surface area contributed by atoms with E-state index in [1.165, 1.54) is 11.1 Å². The predicted octanol–water partition coefficient (Wildman–Crippen LogP) is 4.31. The molecule has 1 aromatic carbocycles. The highest BCUT2D eigenvalue weighted by molar-refractivity contribution is 7.17. The maximum absolute atomic E-state index is 4.40. The highest BCUT2D eigenvalue weighted by Crippen LogP contribution is 2.31. The molecule has 4 heteroatoms. The summed E-state index contributed by atoms with van der Waals surface area (Å²) in [5.74, 6) is 0.893. The molecule has 3 aromatic rings. The highest BCUT2D eigenvalue weighted by Gasteiger charge is 2.09. The molecule has 1 N–H and O–H groups in total. The lowest BCUT2D eigenvalue weighted by molar-refractivity contribution is 1.13. The summed E-state index contributed by atoms with van der Waals surface area (Å²) in [7, 11) is 0. The van der Waals surface area contributed by atoms with Gasteiger partial charge in [0.15, 0.2) is 0 Å². The number of para-hydroxylation sites is 1. The molecule has 3 nitrogen and oxygen atoms in total. The number of aromatic nitrogens is 2. The molecule has 96 valence electrons. The van der Waals surface area contributed by atoms with Crippen molar-refractivity contribution in [1.29, 1.82) is 0 Å². The minimum Gasteiger partial charge on any atom is -0.339 e. The fourth-order valence-electron chi connectivity index (χ4n) is 2.19. The topological polar surface area (TPSA) is 37.8 Å². The maximum atomic E-state index is 4.40. The number of thiophene rings is 1. The number of hydrogen-bond acceptors (Lipinski definition) is 4. The van der Waals surface area contributed by atoms with Gasteiger partial charge in [-0.3, -0.25) is 0 Å². The molecule has 0 spiro atoms. The standard InChI is InChI=1S/C15H15N3S/c1-3-11-6-4-5-7-12(11)18-14-13-10(2)8-19-15(13)17-9-16-14/h4-9H,3H2,1-2H3,(H,16,17,18). The summed E-state index contributed by atoms with van der Waals surface area (Å²) >= 11 is 1.66. The van der Waals surface area contributed by atoms with Gasteiger partial charge in [-0.05, 0) is 35.9 Å². The third-order valence-electron chi connectivity index (χ3n) is 3.21. The van der Waals surface area contributed by atoms with E-state index in [0.29, 0.717) is 0 Å². The lowest BCUT2D eigenvalue weighted by atomic mass is 10.1. The van der Waals surface area contributed by atoms with Crippen molar-refractivity contribution in [3.05, 3.63) is 47.1 Å². The van der Waals surface area contributed by atoms with Gasteiger partial charge in [0.2, 0.25) is 0 Å². The average molecular weight is 269 g/mol. The highest BCUT2D eigenvalue weighted by atomic mass is 32.1. The lowest BCUT2D eigenvalue weighted by Gasteiger charge is -2.11. The molecule has 0 bridgehead atoms. The van der Waals surface area contributed by atoms with Crippen LogP contribution in [0, 0.1) is 6.92 Å². The van der Waals surface area contributed by atoms with Crippen molar-refractivity contribution >= 4 is 33.1 Å². The van der Waals surface area contributed by atoms with E-state index in [1.54, 1.807) is 17.7 Å². The molecule has 0 fully saturated rings. The Morgan fingerprint density at radius 3 is 2.89 bits per heavy atom. The fourth-order valence-corrected chi connectivity index (χ4v) is 3.08. The van der Waals surface area contributed by atoms with Crippen LogP contribution in [0.2, 0.25) is 0 Å². The van der Waals surface area contributed by atoms with E-state index in [2.05, 4.69) is 52.7 Å². The molecule has 0 radical (unpaired) electrons. The summed E-state index contributed by atoms with van der Waals surface area (Å²) in [6, 6.07) is 8.34. The minimum atomic E-state index is 0.893. The molecule has 0 aliphatic heterocycles. The molecule has 0 unspecified atom stereocenters. The van der Waals surface area contributed by atoms with Crippen LogP contribution >= 0.6 is 11.3 Å². The van der Waals surface area contributed by atoms with Crippen LogP contribution in [0.5, 0.6) is 0 Å². The molecule has 0 amide bonds. The van der Waals surface area contributed by atoms with Crippen LogP contribution in [-0.2, 0) is 6.42 Å². The average Bonchev–Trinajstić information content (AvgIpc) is 2.82. The van der Waals surface area contributed by atoms with Crippen molar-refractivity contribution in [2.75, 3.05) is 5.32 Å². The van der Waals surface area contributed by atoms with Crippen molar-refractivity contribution in [2.45, 2.75) is 20.3 Å². The van der Waals surface area contributed by atoms with Gasteiger partial charge in [0.1, 0.15) is 17.0 Å². The zero-order valence-corrected chi connectivity index (χ0v) is 11.8. The summed E-state index contributed by atoms with van der Waals surface area (Å²) < 4.78 is 0. The first kappa shape index (κ1) is 12.1. The van der Waals surface area contributed by atoms with Gasteiger partial charge >= 0.3 is 0 Å². The minimum absolute atomic E-state index is 0.893. The van der Waals surface area contributed by atoms with Crippen molar-refractivity contribution in [3.8, 4) is 0 Å². The first-order valence-electron chi connectivity index (χ1n) is 6.33. The van der Waals surface area contributed by atoms with Gasteiger partial charge in [0, 0.05) is 5.69 Å². The van der Waals surface area contributed by atoms with E-state index in [-0.39, 0.29) is 0 Å². The number of benzene rings is 1. The van der Waals surface area contributed by atoms with Gasteiger partial charge < -0.3 is 5.32 Å². The third-order valence-corrected chi connectivity index (χ3v) is 4.21. The van der Waals surface area contributed by atoms with Crippen molar-refractivity contribution in [2.24, 2.45) is 0 Å². The Labute approximate surface area is 116 Å². The second kappa shape index (κ2) is 4.97. The summed E-state index contributed by atoms with van der Waals surface area (Å²) in [6.07, 6.45) is 2.62. The van der Waals surface area contributed by atoms with E-state index in [4.69, 9.17) is 0 Å². The van der Waals surface area contributed by atoms with Crippen LogP contribution in [0.4, 0.5) is 11.5 Å². The van der Waals surface area contributed by atoms with Crippen molar-refractivity contribution < 1.29 is 0 Å². The van der Waals surface area contributed by atoms with E-state index >= 15 is 0 Å². The fraction of sp³-hybridized carbons (Fsp3) is 0.200. The normalized spacial score (nSPS) is 10.8. The summed E-state index contributed by atoms with van der Waals surface area (Å²) in [5, 5.41) is 6.69. The molecule has 3 rings (SSSR count). The molecule has 19 heavy (non-hydrogen) atoms. The second-order valence-electron chi connectivity index (χ2n) is 4.46. The third kappa shape index (κ3) is 2.19. The first-order valence-corrected chi connectivity index (χ1v) is 7.21. The SMILES string of the molecule is CCc1ccccc1Nc1ncnc2scc(C)c12. The molecule has 0 aliphatic carbocycles. The van der Waals surface area contributed by atoms with Gasteiger partial charge in [0.25, 0.3) is 0 Å². The number of nitrogens with one attached hydrogen (secondary N) is 1. The summed E-state index contributed by atoms with van der Waals surface area (Å²) in [5.41, 5.74) is 3.63. The number of aryl methyl sites for hydroxylation is 2. The van der Waals surface area contributed by atoms with E-state index in [9.17, 15) is 0 Å². The van der Waals surface area contributed by atoms with Gasteiger partial charge in [-0.1, -0.05) is 25.1 Å². The Hall–Kier alpha value is -1.94. The number of rotatable bonds is 3. The summed E-state index contributed by atoms with van der Waals surface area (Å²) in [4.78, 5) is 9.74. The lowest BCUT2D eigenvalue weighted by Crippen LogP contribution is -1.98. The van der Waals surface area contributed by atoms with Crippen LogP contribution in [0.15, 0.2) is 36.0 Å². The molecule has 0 saturated heterocycles. The first-order chi connectivity index (χ1) is 9.29. The van der Waals surface area contributed by atoms with Gasteiger partial charge in [-0.15, -0.1) is 11.3 Å². The zero-order valence-electron chi connectivity index (χ0n) is 11.0. The van der Waals surface area contributed by atoms with Crippen LogP contribution in [0.3, 0.4) is 0 Å². The molecular formula is C15H15N3S. The van der Waals surface area contributed by atoms with E-state index < -0.39 is 0 Å². The van der Waals surface area contributed by atoms with Gasteiger partial charge in [-0.25, -0.2) is 9.97 Å². The van der Waals surface area contributed by atoms with E-state index in [0.717, 1.165) is 28.1 Å². The van der Waals surface area contributed by atoms with Crippen LogP contribution < -0.4 is 5.32 Å². The quantitative estimate of drug-likeness (QED) is 0.770. The Balaban J connectivity index is 2.08. The predicted molar refractivity (Wildman–Crippen MR) is 81.3 cm³/mol. The molecule has 2 heterocycles. The summed E-state index contributed by atoms with van der Waals surface area (Å²) in [6.45, 7) is 4.25. The Kier molecular flexibility index (Phi) is 3.17. The Morgan fingerprint density at radius 2 is 2.05 bits per heavy atom. The zero-order chi connectivity index (χ0) is 13.2. The molecule has 0 saturated carbocycles. The van der Waals surface area contributed by atoms with Crippen molar-refractivity contribution in [3.63, 3.8) is 0 Å². The van der Waals surface area contributed by atoms with E-state index in [1.807, 2.05) is 6.07 Å². The second-order valence-corrected chi connectivity index (χ2v) is 5.31. The number of fused-ring (bicyclic) bond motifs is 1. The molecular weight excluding hydrogens is 254 g/mol. The number of anilines is 2. The molecule has 2 aromatic heterocycles. The van der Waals surface area contributed by atoms with Crippen LogP contribution in [0.1, 0.15) is 18.1 Å². The smallest absolute Gasteiger partial charge is 0.142 e. The molecule has 0 aliphatic rings. The van der Waals surface area contributed by atoms with Crippen LogP contribution in [0.25, 0.3) is 10.2 Å². The number of hydrogen-bond donors (Lipinski definition) is 1. The monoisotopic (exact) mass is 269 g/mol. The van der Waals surface area contributed by atoms with Gasteiger partial charge in [-0.2, -0.15) is 0 Å². The van der Waals surface area contributed by atoms with Crippen LogP contribution in [-0.4, -0.2) is 9.97 Å². The van der Waals surface area contributed by atoms with Crippen molar-refractivity contribution in [1.82, 2.24) is 9.97 Å². The van der Waals surface area contributed by atoms with Gasteiger partial charge in [0.05, 0.1) is 5.39 Å². The molecule has 0 atom stereocenters. The Bertz CT molecular complexity index is 718.